The minimum atomic E-state index is -0.409. The van der Waals surface area contributed by atoms with Crippen molar-refractivity contribution in [3.8, 4) is 0 Å². The van der Waals surface area contributed by atoms with E-state index < -0.39 is 5.60 Å². The SMILES string of the molecule is CCCCCCN1CC2(CCN(C(=O)c3cnn(C)c3)CC2)OC1=O. The molecule has 3 heterocycles. The summed E-state index contributed by atoms with van der Waals surface area (Å²) in [6.07, 6.45) is 9.14. The number of rotatable bonds is 6. The van der Waals surface area contributed by atoms with E-state index in [0.29, 0.717) is 38.0 Å². The second-order valence-electron chi connectivity index (χ2n) is 7.23. The first-order valence-electron chi connectivity index (χ1n) is 9.29. The van der Waals surface area contributed by atoms with Gasteiger partial charge in [-0.05, 0) is 6.42 Å². The second-order valence-corrected chi connectivity index (χ2v) is 7.23. The molecule has 2 fully saturated rings. The highest BCUT2D eigenvalue weighted by Crippen LogP contribution is 2.33. The minimum Gasteiger partial charge on any atom is -0.441 e. The Balaban J connectivity index is 1.51. The summed E-state index contributed by atoms with van der Waals surface area (Å²) in [5, 5.41) is 4.06. The zero-order valence-electron chi connectivity index (χ0n) is 15.2. The number of hydrogen-bond donors (Lipinski definition) is 0. The number of amides is 2. The minimum absolute atomic E-state index is 0.00342. The van der Waals surface area contributed by atoms with Gasteiger partial charge in [0.2, 0.25) is 0 Å². The molecule has 2 amide bonds. The van der Waals surface area contributed by atoms with E-state index in [1.54, 1.807) is 24.1 Å². The molecule has 0 bridgehead atoms. The normalized spacial score (nSPS) is 19.5. The Kier molecular flexibility index (Phi) is 5.30. The lowest BCUT2D eigenvalue weighted by Crippen LogP contribution is -2.48. The van der Waals surface area contributed by atoms with Gasteiger partial charge in [0.1, 0.15) is 5.60 Å². The number of ether oxygens (including phenoxy) is 1. The van der Waals surface area contributed by atoms with Crippen molar-refractivity contribution in [3.05, 3.63) is 18.0 Å². The molecular weight excluding hydrogens is 320 g/mol. The number of nitrogens with zero attached hydrogens (tertiary/aromatic N) is 4. The summed E-state index contributed by atoms with van der Waals surface area (Å²) in [6.45, 7) is 4.85. The second kappa shape index (κ2) is 7.45. The predicted molar refractivity (Wildman–Crippen MR) is 93.3 cm³/mol. The Bertz CT molecular complexity index is 620. The molecule has 3 rings (SSSR count). The Labute approximate surface area is 148 Å². The number of carbonyl (C=O) groups is 2. The van der Waals surface area contributed by atoms with Crippen LogP contribution in [0.2, 0.25) is 0 Å². The summed E-state index contributed by atoms with van der Waals surface area (Å²) in [6, 6.07) is 0. The van der Waals surface area contributed by atoms with E-state index in [-0.39, 0.29) is 12.0 Å². The smallest absolute Gasteiger partial charge is 0.410 e. The van der Waals surface area contributed by atoms with Crippen LogP contribution in [0.1, 0.15) is 55.8 Å². The summed E-state index contributed by atoms with van der Waals surface area (Å²) in [5.41, 5.74) is 0.201. The standard InChI is InChI=1S/C18H28N4O3/c1-3-4-5-6-9-22-14-18(25-17(22)24)7-10-21(11-8-18)16(23)15-12-19-20(2)13-15/h12-13H,3-11,14H2,1-2H3. The van der Waals surface area contributed by atoms with Gasteiger partial charge in [0.05, 0.1) is 18.3 Å². The van der Waals surface area contributed by atoms with Gasteiger partial charge in [0.25, 0.3) is 5.91 Å². The predicted octanol–water partition coefficient (Wildman–Crippen LogP) is 2.43. The molecule has 1 spiro atoms. The van der Waals surface area contributed by atoms with Gasteiger partial charge in [-0.2, -0.15) is 5.10 Å². The van der Waals surface area contributed by atoms with E-state index >= 15 is 0 Å². The van der Waals surface area contributed by atoms with Crippen molar-refractivity contribution in [1.82, 2.24) is 19.6 Å². The van der Waals surface area contributed by atoms with Gasteiger partial charge in [-0.1, -0.05) is 26.2 Å². The maximum atomic E-state index is 12.5. The molecule has 2 aliphatic rings. The molecule has 2 saturated heterocycles. The molecule has 0 aromatic carbocycles. The van der Waals surface area contributed by atoms with E-state index in [4.69, 9.17) is 4.74 Å². The third-order valence-corrected chi connectivity index (χ3v) is 5.24. The van der Waals surface area contributed by atoms with Crippen LogP contribution in [-0.2, 0) is 11.8 Å². The van der Waals surface area contributed by atoms with Crippen LogP contribution in [0.5, 0.6) is 0 Å². The fourth-order valence-corrected chi connectivity index (χ4v) is 3.69. The first kappa shape index (κ1) is 17.8. The molecule has 7 nitrogen and oxygen atoms in total. The van der Waals surface area contributed by atoms with Crippen LogP contribution in [0.25, 0.3) is 0 Å². The molecule has 1 aromatic rings. The van der Waals surface area contributed by atoms with Gasteiger partial charge < -0.3 is 14.5 Å². The van der Waals surface area contributed by atoms with Crippen LogP contribution in [0, 0.1) is 0 Å². The Hall–Kier alpha value is -2.05. The number of likely N-dealkylation sites (tertiary alicyclic amines) is 1. The van der Waals surface area contributed by atoms with E-state index in [9.17, 15) is 9.59 Å². The Morgan fingerprint density at radius 2 is 2.04 bits per heavy atom. The topological polar surface area (TPSA) is 67.7 Å². The van der Waals surface area contributed by atoms with Gasteiger partial charge in [-0.15, -0.1) is 0 Å². The van der Waals surface area contributed by atoms with Crippen molar-refractivity contribution in [3.63, 3.8) is 0 Å². The lowest BCUT2D eigenvalue weighted by molar-refractivity contribution is 0.00313. The summed E-state index contributed by atoms with van der Waals surface area (Å²) in [7, 11) is 1.80. The Morgan fingerprint density at radius 3 is 2.68 bits per heavy atom. The molecule has 0 radical (unpaired) electrons. The van der Waals surface area contributed by atoms with Crippen molar-refractivity contribution < 1.29 is 14.3 Å². The van der Waals surface area contributed by atoms with Crippen LogP contribution >= 0.6 is 0 Å². The molecule has 0 atom stereocenters. The van der Waals surface area contributed by atoms with Crippen molar-refractivity contribution >= 4 is 12.0 Å². The number of aryl methyl sites for hydroxylation is 1. The maximum absolute atomic E-state index is 12.5. The molecule has 138 valence electrons. The van der Waals surface area contributed by atoms with Crippen molar-refractivity contribution in [2.45, 2.75) is 51.0 Å². The van der Waals surface area contributed by atoms with Crippen LogP contribution in [0.15, 0.2) is 12.4 Å². The van der Waals surface area contributed by atoms with E-state index in [2.05, 4.69) is 12.0 Å². The summed E-state index contributed by atoms with van der Waals surface area (Å²) >= 11 is 0. The van der Waals surface area contributed by atoms with Gasteiger partial charge in [-0.3, -0.25) is 9.48 Å². The van der Waals surface area contributed by atoms with Gasteiger partial charge in [-0.25, -0.2) is 4.79 Å². The van der Waals surface area contributed by atoms with Gasteiger partial charge >= 0.3 is 6.09 Å². The highest BCUT2D eigenvalue weighted by molar-refractivity contribution is 5.93. The quantitative estimate of drug-likeness (QED) is 0.741. The van der Waals surface area contributed by atoms with Crippen molar-refractivity contribution in [2.24, 2.45) is 7.05 Å². The highest BCUT2D eigenvalue weighted by Gasteiger charge is 2.47. The summed E-state index contributed by atoms with van der Waals surface area (Å²) in [5.74, 6) is 0.00342. The van der Waals surface area contributed by atoms with Gasteiger partial charge in [0.15, 0.2) is 0 Å². The fraction of sp³-hybridized carbons (Fsp3) is 0.722. The van der Waals surface area contributed by atoms with Crippen LogP contribution in [0.4, 0.5) is 4.79 Å². The van der Waals surface area contributed by atoms with Crippen molar-refractivity contribution in [1.29, 1.82) is 0 Å². The highest BCUT2D eigenvalue weighted by atomic mass is 16.6. The lowest BCUT2D eigenvalue weighted by atomic mass is 9.91. The first-order valence-corrected chi connectivity index (χ1v) is 9.29. The summed E-state index contributed by atoms with van der Waals surface area (Å²) in [4.78, 5) is 28.3. The molecule has 0 N–H and O–H groups in total. The average Bonchev–Trinajstić information content (AvgIpc) is 3.16. The zero-order chi connectivity index (χ0) is 17.9. The zero-order valence-corrected chi connectivity index (χ0v) is 15.2. The van der Waals surface area contributed by atoms with E-state index in [0.717, 1.165) is 19.4 Å². The number of hydrogen-bond acceptors (Lipinski definition) is 4. The van der Waals surface area contributed by atoms with Crippen LogP contribution in [-0.4, -0.2) is 63.4 Å². The van der Waals surface area contributed by atoms with E-state index in [1.165, 1.54) is 12.8 Å². The molecular formula is C18H28N4O3. The molecule has 2 aliphatic heterocycles. The van der Waals surface area contributed by atoms with Crippen molar-refractivity contribution in [2.75, 3.05) is 26.2 Å². The maximum Gasteiger partial charge on any atom is 0.410 e. The third-order valence-electron chi connectivity index (χ3n) is 5.24. The third kappa shape index (κ3) is 3.96. The van der Waals surface area contributed by atoms with Gasteiger partial charge in [0, 0.05) is 45.7 Å². The first-order chi connectivity index (χ1) is 12.0. The molecule has 0 aliphatic carbocycles. The fourth-order valence-electron chi connectivity index (χ4n) is 3.69. The van der Waals surface area contributed by atoms with Crippen LogP contribution in [0.3, 0.4) is 0 Å². The van der Waals surface area contributed by atoms with E-state index in [1.807, 2.05) is 9.80 Å². The molecule has 7 heteroatoms. The lowest BCUT2D eigenvalue weighted by Gasteiger charge is -2.37. The molecule has 0 saturated carbocycles. The average molecular weight is 348 g/mol. The largest absolute Gasteiger partial charge is 0.441 e. The molecule has 25 heavy (non-hydrogen) atoms. The number of carbonyl (C=O) groups excluding carboxylic acids is 2. The van der Waals surface area contributed by atoms with Crippen LogP contribution < -0.4 is 0 Å². The summed E-state index contributed by atoms with van der Waals surface area (Å²) < 4.78 is 7.36. The number of unbranched alkanes of at least 4 members (excludes halogenated alkanes) is 3. The monoisotopic (exact) mass is 348 g/mol. The number of piperidine rings is 1. The number of aromatic nitrogens is 2. The Morgan fingerprint density at radius 1 is 1.28 bits per heavy atom. The molecule has 0 unspecified atom stereocenters. The molecule has 1 aromatic heterocycles.